The van der Waals surface area contributed by atoms with Gasteiger partial charge in [0, 0.05) is 4.88 Å². The summed E-state index contributed by atoms with van der Waals surface area (Å²) in [6.45, 7) is 1.80. The van der Waals surface area contributed by atoms with Gasteiger partial charge in [0.1, 0.15) is 5.75 Å². The summed E-state index contributed by atoms with van der Waals surface area (Å²) in [5.74, 6) is -0.678. The number of nitrogens with one attached hydrogen (secondary N) is 1. The second-order valence-electron chi connectivity index (χ2n) is 4.58. The van der Waals surface area contributed by atoms with Gasteiger partial charge in [0.05, 0.1) is 24.8 Å². The van der Waals surface area contributed by atoms with Gasteiger partial charge in [-0.15, -0.1) is 11.3 Å². The van der Waals surface area contributed by atoms with Gasteiger partial charge in [-0.3, -0.25) is 14.9 Å². The molecule has 2 rings (SSSR count). The maximum Gasteiger partial charge on any atom is 0.303 e. The molecule has 0 fully saturated rings. The first-order chi connectivity index (χ1) is 10.5. The molecule has 6 nitrogen and oxygen atoms in total. The average molecular weight is 320 g/mol. The standard InChI is InChI=1S/C15H16N2O4S/c1-9-12(7-8-13(18)19)22-15(16-9)17-14(20)10-5-3-4-6-11(10)21-2/h3-6H,7-8H2,1-2H3,(H,18,19)(H,16,17,20). The van der Waals surface area contributed by atoms with Crippen LogP contribution in [0.4, 0.5) is 5.13 Å². The van der Waals surface area contributed by atoms with E-state index in [0.29, 0.717) is 22.9 Å². The summed E-state index contributed by atoms with van der Waals surface area (Å²) in [6, 6.07) is 6.91. The highest BCUT2D eigenvalue weighted by Crippen LogP contribution is 2.25. The molecule has 0 aliphatic heterocycles. The molecule has 0 spiro atoms. The predicted molar refractivity (Wildman–Crippen MR) is 83.8 cm³/mol. The van der Waals surface area contributed by atoms with Crippen molar-refractivity contribution in [3.8, 4) is 5.75 Å². The lowest BCUT2D eigenvalue weighted by Crippen LogP contribution is -2.12. The lowest BCUT2D eigenvalue weighted by Gasteiger charge is -2.06. The van der Waals surface area contributed by atoms with Gasteiger partial charge in [0.15, 0.2) is 5.13 Å². The Balaban J connectivity index is 2.12. The normalized spacial score (nSPS) is 10.3. The van der Waals surface area contributed by atoms with Crippen LogP contribution in [-0.4, -0.2) is 29.1 Å². The monoisotopic (exact) mass is 320 g/mol. The number of methoxy groups -OCH3 is 1. The SMILES string of the molecule is COc1ccccc1C(=O)Nc1nc(C)c(CCC(=O)O)s1. The zero-order chi connectivity index (χ0) is 16.1. The highest BCUT2D eigenvalue weighted by molar-refractivity contribution is 7.15. The molecule has 0 radical (unpaired) electrons. The van der Waals surface area contributed by atoms with E-state index in [9.17, 15) is 9.59 Å². The van der Waals surface area contributed by atoms with Crippen LogP contribution < -0.4 is 10.1 Å². The van der Waals surface area contributed by atoms with Crippen LogP contribution in [0, 0.1) is 6.92 Å². The molecule has 1 aromatic carbocycles. The van der Waals surface area contributed by atoms with Gasteiger partial charge in [-0.2, -0.15) is 0 Å². The third-order valence-electron chi connectivity index (χ3n) is 3.03. The maximum absolute atomic E-state index is 12.3. The number of benzene rings is 1. The minimum atomic E-state index is -0.854. The zero-order valence-corrected chi connectivity index (χ0v) is 13.1. The van der Waals surface area contributed by atoms with Crippen molar-refractivity contribution in [3.63, 3.8) is 0 Å². The smallest absolute Gasteiger partial charge is 0.303 e. The average Bonchev–Trinajstić information content (AvgIpc) is 2.84. The molecule has 0 aliphatic carbocycles. The zero-order valence-electron chi connectivity index (χ0n) is 12.3. The lowest BCUT2D eigenvalue weighted by atomic mass is 10.2. The van der Waals surface area contributed by atoms with Crippen molar-refractivity contribution < 1.29 is 19.4 Å². The number of nitrogens with zero attached hydrogens (tertiary/aromatic N) is 1. The fraction of sp³-hybridized carbons (Fsp3) is 0.267. The minimum absolute atomic E-state index is 0.0446. The largest absolute Gasteiger partial charge is 0.496 e. The molecule has 1 heterocycles. The molecule has 0 aliphatic rings. The topological polar surface area (TPSA) is 88.5 Å². The van der Waals surface area contributed by atoms with Crippen molar-refractivity contribution in [3.05, 3.63) is 40.4 Å². The number of hydrogen-bond acceptors (Lipinski definition) is 5. The summed E-state index contributed by atoms with van der Waals surface area (Å²) in [5, 5.41) is 11.9. The van der Waals surface area contributed by atoms with Crippen molar-refractivity contribution in [2.75, 3.05) is 12.4 Å². The number of carboxylic acid groups (broad SMARTS) is 1. The van der Waals surface area contributed by atoms with Crippen molar-refractivity contribution in [1.29, 1.82) is 0 Å². The molecule has 0 saturated heterocycles. The molecule has 116 valence electrons. The van der Waals surface area contributed by atoms with Gasteiger partial charge in [-0.25, -0.2) is 4.98 Å². The Morgan fingerprint density at radius 2 is 2.09 bits per heavy atom. The first-order valence-corrected chi connectivity index (χ1v) is 7.45. The highest BCUT2D eigenvalue weighted by atomic mass is 32.1. The summed E-state index contributed by atoms with van der Waals surface area (Å²) in [5.41, 5.74) is 1.16. The number of aliphatic carboxylic acids is 1. The fourth-order valence-corrected chi connectivity index (χ4v) is 2.89. The number of carboxylic acids is 1. The van der Waals surface area contributed by atoms with Gasteiger partial charge < -0.3 is 9.84 Å². The molecule has 0 unspecified atom stereocenters. The Morgan fingerprint density at radius 1 is 1.36 bits per heavy atom. The summed E-state index contributed by atoms with van der Waals surface area (Å²) in [6.07, 6.45) is 0.451. The predicted octanol–water partition coefficient (Wildman–Crippen LogP) is 2.73. The van der Waals surface area contributed by atoms with Crippen LogP contribution in [0.2, 0.25) is 0 Å². The number of carbonyl (C=O) groups excluding carboxylic acids is 1. The molecule has 2 N–H and O–H groups in total. The van der Waals surface area contributed by atoms with E-state index in [1.807, 2.05) is 0 Å². The molecular weight excluding hydrogens is 304 g/mol. The molecular formula is C15H16N2O4S. The second-order valence-corrected chi connectivity index (χ2v) is 5.66. The van der Waals surface area contributed by atoms with Gasteiger partial charge in [-0.05, 0) is 25.5 Å². The fourth-order valence-electron chi connectivity index (χ4n) is 1.93. The molecule has 0 bridgehead atoms. The van der Waals surface area contributed by atoms with Crippen LogP contribution in [0.5, 0.6) is 5.75 Å². The van der Waals surface area contributed by atoms with Crippen molar-refractivity contribution in [2.45, 2.75) is 19.8 Å². The molecule has 0 saturated carbocycles. The summed E-state index contributed by atoms with van der Waals surface area (Å²) >= 11 is 1.29. The first-order valence-electron chi connectivity index (χ1n) is 6.63. The molecule has 22 heavy (non-hydrogen) atoms. The van der Waals surface area contributed by atoms with E-state index >= 15 is 0 Å². The number of rotatable bonds is 6. The lowest BCUT2D eigenvalue weighted by molar-refractivity contribution is -0.136. The third-order valence-corrected chi connectivity index (χ3v) is 4.16. The number of anilines is 1. The van der Waals surface area contributed by atoms with Gasteiger partial charge >= 0.3 is 5.97 Å². The van der Waals surface area contributed by atoms with E-state index < -0.39 is 5.97 Å². The Kier molecular flexibility index (Phi) is 5.11. The number of thiazole rings is 1. The van der Waals surface area contributed by atoms with Crippen LogP contribution in [0.3, 0.4) is 0 Å². The Morgan fingerprint density at radius 3 is 2.77 bits per heavy atom. The number of para-hydroxylation sites is 1. The highest BCUT2D eigenvalue weighted by Gasteiger charge is 2.15. The Bertz CT molecular complexity index is 697. The van der Waals surface area contributed by atoms with Gasteiger partial charge in [0.25, 0.3) is 5.91 Å². The van der Waals surface area contributed by atoms with Gasteiger partial charge in [0.2, 0.25) is 0 Å². The number of amides is 1. The summed E-state index contributed by atoms with van der Waals surface area (Å²) in [7, 11) is 1.50. The number of aryl methyl sites for hydroxylation is 2. The number of aromatic nitrogens is 1. The summed E-state index contributed by atoms with van der Waals surface area (Å²) in [4.78, 5) is 28.0. The molecule has 1 aromatic heterocycles. The number of carbonyl (C=O) groups is 2. The molecule has 0 atom stereocenters. The van der Waals surface area contributed by atoms with E-state index in [2.05, 4.69) is 10.3 Å². The van der Waals surface area contributed by atoms with Crippen LogP contribution in [0.15, 0.2) is 24.3 Å². The van der Waals surface area contributed by atoms with Crippen molar-refractivity contribution in [1.82, 2.24) is 4.98 Å². The quantitative estimate of drug-likeness (QED) is 0.854. The van der Waals surface area contributed by atoms with E-state index in [-0.39, 0.29) is 12.3 Å². The number of ether oxygens (including phenoxy) is 1. The van der Waals surface area contributed by atoms with E-state index in [1.165, 1.54) is 18.4 Å². The van der Waals surface area contributed by atoms with E-state index in [1.54, 1.807) is 31.2 Å². The van der Waals surface area contributed by atoms with Crippen molar-refractivity contribution >= 4 is 28.3 Å². The minimum Gasteiger partial charge on any atom is -0.496 e. The Labute approximate surface area is 131 Å². The second kappa shape index (κ2) is 7.04. The van der Waals surface area contributed by atoms with Crippen LogP contribution >= 0.6 is 11.3 Å². The maximum atomic E-state index is 12.3. The molecule has 1 amide bonds. The Hall–Kier alpha value is -2.41. The summed E-state index contributed by atoms with van der Waals surface area (Å²) < 4.78 is 5.15. The first kappa shape index (κ1) is 16.0. The van der Waals surface area contributed by atoms with E-state index in [4.69, 9.17) is 9.84 Å². The number of hydrogen-bond donors (Lipinski definition) is 2. The van der Waals surface area contributed by atoms with Crippen LogP contribution in [-0.2, 0) is 11.2 Å². The molecule has 2 aromatic rings. The van der Waals surface area contributed by atoms with Crippen LogP contribution in [0.1, 0.15) is 27.3 Å². The van der Waals surface area contributed by atoms with Crippen molar-refractivity contribution in [2.24, 2.45) is 0 Å². The van der Waals surface area contributed by atoms with Gasteiger partial charge in [-0.1, -0.05) is 12.1 Å². The third kappa shape index (κ3) is 3.82. The van der Waals surface area contributed by atoms with E-state index in [0.717, 1.165) is 10.6 Å². The molecule has 7 heteroatoms. The van der Waals surface area contributed by atoms with Crippen LogP contribution in [0.25, 0.3) is 0 Å².